The van der Waals surface area contributed by atoms with E-state index < -0.39 is 15.9 Å². The van der Waals surface area contributed by atoms with Crippen molar-refractivity contribution in [3.05, 3.63) is 47.3 Å². The highest BCUT2D eigenvalue weighted by Gasteiger charge is 2.20. The third kappa shape index (κ3) is 3.42. The van der Waals surface area contributed by atoms with Crippen LogP contribution >= 0.6 is 11.3 Å². The fourth-order valence-corrected chi connectivity index (χ4v) is 4.68. The van der Waals surface area contributed by atoms with Crippen LogP contribution in [0.1, 0.15) is 9.67 Å². The topological polar surface area (TPSA) is 114 Å². The average molecular weight is 406 g/mol. The Morgan fingerprint density at radius 2 is 1.81 bits per heavy atom. The van der Waals surface area contributed by atoms with Crippen molar-refractivity contribution in [2.45, 2.75) is 4.90 Å². The molecule has 8 nitrogen and oxygen atoms in total. The number of sulfonamides is 1. The Hall–Kier alpha value is -2.82. The zero-order chi connectivity index (χ0) is 19.0. The van der Waals surface area contributed by atoms with Crippen LogP contribution in [0, 0.1) is 0 Å². The molecule has 0 radical (unpaired) electrons. The minimum Gasteiger partial charge on any atom is -0.486 e. The molecular formula is C17H14N2O6S2. The van der Waals surface area contributed by atoms with Crippen LogP contribution in [0.3, 0.4) is 0 Å². The minimum atomic E-state index is -3.83. The highest BCUT2D eigenvalue weighted by molar-refractivity contribution is 7.92. The molecule has 3 aromatic rings. The predicted octanol–water partition coefficient (Wildman–Crippen LogP) is 2.59. The van der Waals surface area contributed by atoms with Crippen molar-refractivity contribution >= 4 is 43.0 Å². The fourth-order valence-electron chi connectivity index (χ4n) is 2.68. The first-order valence-electron chi connectivity index (χ1n) is 7.87. The van der Waals surface area contributed by atoms with Crippen molar-refractivity contribution in [2.75, 3.05) is 17.9 Å². The molecule has 0 aliphatic carbocycles. The molecule has 2 aromatic carbocycles. The molecule has 10 heteroatoms. The van der Waals surface area contributed by atoms with Gasteiger partial charge in [-0.2, -0.15) is 0 Å². The van der Waals surface area contributed by atoms with Gasteiger partial charge in [0.15, 0.2) is 11.5 Å². The zero-order valence-corrected chi connectivity index (χ0v) is 15.4. The summed E-state index contributed by atoms with van der Waals surface area (Å²) in [6.07, 6.45) is 0. The summed E-state index contributed by atoms with van der Waals surface area (Å²) in [5, 5.41) is 9.41. The van der Waals surface area contributed by atoms with E-state index in [-0.39, 0.29) is 4.90 Å². The Labute approximate surface area is 158 Å². The summed E-state index contributed by atoms with van der Waals surface area (Å²) >= 11 is 1.19. The Morgan fingerprint density at radius 3 is 2.59 bits per heavy atom. The number of hydroxylamine groups is 1. The van der Waals surface area contributed by atoms with Crippen molar-refractivity contribution in [3.8, 4) is 11.5 Å². The van der Waals surface area contributed by atoms with Crippen LogP contribution in [0.5, 0.6) is 11.5 Å². The van der Waals surface area contributed by atoms with Crippen LogP contribution in [-0.4, -0.2) is 32.7 Å². The van der Waals surface area contributed by atoms with Gasteiger partial charge in [-0.3, -0.25) is 14.7 Å². The van der Waals surface area contributed by atoms with Crippen LogP contribution in [0.4, 0.5) is 5.69 Å². The molecule has 27 heavy (non-hydrogen) atoms. The highest BCUT2D eigenvalue weighted by atomic mass is 32.2. The summed E-state index contributed by atoms with van der Waals surface area (Å²) < 4.78 is 39.5. The van der Waals surface area contributed by atoms with E-state index in [1.54, 1.807) is 35.8 Å². The Morgan fingerprint density at radius 1 is 1.04 bits per heavy atom. The summed E-state index contributed by atoms with van der Waals surface area (Å²) in [6, 6.07) is 10.9. The fraction of sp³-hybridized carbons (Fsp3) is 0.118. The Kier molecular flexibility index (Phi) is 4.38. The Balaban J connectivity index is 1.63. The minimum absolute atomic E-state index is 0.0533. The molecule has 1 amide bonds. The van der Waals surface area contributed by atoms with E-state index >= 15 is 0 Å². The quantitative estimate of drug-likeness (QED) is 0.453. The van der Waals surface area contributed by atoms with E-state index in [4.69, 9.17) is 14.7 Å². The second kappa shape index (κ2) is 6.72. The lowest BCUT2D eigenvalue weighted by molar-refractivity contribution is 0.0711. The van der Waals surface area contributed by atoms with Crippen LogP contribution in [-0.2, 0) is 10.0 Å². The van der Waals surface area contributed by atoms with Crippen molar-refractivity contribution in [1.29, 1.82) is 0 Å². The van der Waals surface area contributed by atoms with Gasteiger partial charge in [0.25, 0.3) is 15.9 Å². The third-order valence-electron chi connectivity index (χ3n) is 3.92. The number of rotatable bonds is 4. The summed E-state index contributed by atoms with van der Waals surface area (Å²) in [5.41, 5.74) is 1.93. The van der Waals surface area contributed by atoms with E-state index in [2.05, 4.69) is 4.72 Å². The maximum absolute atomic E-state index is 12.7. The second-order valence-corrected chi connectivity index (χ2v) is 8.48. The average Bonchev–Trinajstić information content (AvgIpc) is 3.10. The molecule has 1 aromatic heterocycles. The van der Waals surface area contributed by atoms with Crippen LogP contribution in [0.25, 0.3) is 10.1 Å². The standard InChI is InChI=1S/C17H14N2O6S2/c20-17(18-21)16-8-10-7-11(1-4-15(10)26-16)19-27(22,23)12-2-3-13-14(9-12)25-6-5-24-13/h1-4,7-9,19,21H,5-6H2,(H,18,20). The van der Waals surface area contributed by atoms with Gasteiger partial charge >= 0.3 is 0 Å². The maximum Gasteiger partial charge on any atom is 0.284 e. The first-order chi connectivity index (χ1) is 13.0. The van der Waals surface area contributed by atoms with Gasteiger partial charge in [-0.15, -0.1) is 11.3 Å². The van der Waals surface area contributed by atoms with E-state index in [1.807, 2.05) is 0 Å². The second-order valence-electron chi connectivity index (χ2n) is 5.72. The van der Waals surface area contributed by atoms with Crippen molar-refractivity contribution in [3.63, 3.8) is 0 Å². The number of thiophene rings is 1. The molecule has 0 bridgehead atoms. The maximum atomic E-state index is 12.7. The van der Waals surface area contributed by atoms with Crippen LogP contribution in [0.2, 0.25) is 0 Å². The SMILES string of the molecule is O=C(NO)c1cc2cc(NS(=O)(=O)c3ccc4c(c3)OCCO4)ccc2s1. The van der Waals surface area contributed by atoms with Crippen LogP contribution < -0.4 is 19.7 Å². The number of fused-ring (bicyclic) bond motifs is 2. The molecule has 0 unspecified atom stereocenters. The number of benzene rings is 2. The smallest absolute Gasteiger partial charge is 0.284 e. The number of amides is 1. The summed E-state index contributed by atoms with van der Waals surface area (Å²) in [7, 11) is -3.83. The number of anilines is 1. The molecule has 0 spiro atoms. The molecule has 1 aliphatic rings. The largest absolute Gasteiger partial charge is 0.486 e. The Bertz CT molecular complexity index is 1140. The number of hydrogen-bond donors (Lipinski definition) is 3. The number of carbonyl (C=O) groups is 1. The molecular weight excluding hydrogens is 392 g/mol. The molecule has 0 fully saturated rings. The molecule has 0 saturated heterocycles. The molecule has 140 valence electrons. The monoisotopic (exact) mass is 406 g/mol. The number of ether oxygens (including phenoxy) is 2. The molecule has 4 rings (SSSR count). The van der Waals surface area contributed by atoms with Gasteiger partial charge in [-0.25, -0.2) is 13.9 Å². The summed E-state index contributed by atoms with van der Waals surface area (Å²) in [5.74, 6) is 0.279. The van der Waals surface area contributed by atoms with E-state index in [0.717, 1.165) is 4.70 Å². The van der Waals surface area contributed by atoms with E-state index in [9.17, 15) is 13.2 Å². The number of hydrogen-bond acceptors (Lipinski definition) is 7. The van der Waals surface area contributed by atoms with Gasteiger partial charge in [0.2, 0.25) is 0 Å². The zero-order valence-electron chi connectivity index (χ0n) is 13.8. The van der Waals surface area contributed by atoms with E-state index in [1.165, 1.54) is 23.5 Å². The molecule has 2 heterocycles. The lowest BCUT2D eigenvalue weighted by Crippen LogP contribution is -2.17. The van der Waals surface area contributed by atoms with Crippen molar-refractivity contribution < 1.29 is 27.9 Å². The van der Waals surface area contributed by atoms with Gasteiger partial charge < -0.3 is 9.47 Å². The first kappa shape index (κ1) is 17.6. The molecule has 1 aliphatic heterocycles. The lowest BCUT2D eigenvalue weighted by Gasteiger charge is -2.19. The van der Waals surface area contributed by atoms with Crippen molar-refractivity contribution in [2.24, 2.45) is 0 Å². The van der Waals surface area contributed by atoms with Crippen LogP contribution in [0.15, 0.2) is 47.4 Å². The predicted molar refractivity (Wildman–Crippen MR) is 99.3 cm³/mol. The van der Waals surface area contributed by atoms with Gasteiger partial charge in [-0.05, 0) is 41.8 Å². The summed E-state index contributed by atoms with van der Waals surface area (Å²) in [6.45, 7) is 0.788. The van der Waals surface area contributed by atoms with Gasteiger partial charge in [0.1, 0.15) is 13.2 Å². The number of carbonyl (C=O) groups excluding carboxylic acids is 1. The van der Waals surface area contributed by atoms with Crippen molar-refractivity contribution in [1.82, 2.24) is 5.48 Å². The molecule has 0 saturated carbocycles. The lowest BCUT2D eigenvalue weighted by atomic mass is 10.2. The van der Waals surface area contributed by atoms with E-state index in [0.29, 0.717) is 40.7 Å². The van der Waals surface area contributed by atoms with Gasteiger partial charge in [0.05, 0.1) is 9.77 Å². The van der Waals surface area contributed by atoms with Gasteiger partial charge in [0, 0.05) is 16.5 Å². The normalized spacial score (nSPS) is 13.4. The third-order valence-corrected chi connectivity index (χ3v) is 6.41. The first-order valence-corrected chi connectivity index (χ1v) is 10.2. The highest BCUT2D eigenvalue weighted by Crippen LogP contribution is 2.33. The number of nitrogens with one attached hydrogen (secondary N) is 2. The summed E-state index contributed by atoms with van der Waals surface area (Å²) in [4.78, 5) is 11.9. The molecule has 0 atom stereocenters. The molecule has 3 N–H and O–H groups in total. The van der Waals surface area contributed by atoms with Gasteiger partial charge in [-0.1, -0.05) is 0 Å².